The molecule has 0 amide bonds. The highest BCUT2D eigenvalue weighted by Gasteiger charge is 2.32. The molecule has 2 nitrogen and oxygen atoms in total. The minimum absolute atomic E-state index is 0.190. The average Bonchev–Trinajstić information content (AvgIpc) is 2.68. The molecule has 0 aliphatic heterocycles. The van der Waals surface area contributed by atoms with Crippen molar-refractivity contribution < 1.29 is 13.2 Å². The second-order valence-corrected chi connectivity index (χ2v) is 6.83. The fourth-order valence-corrected chi connectivity index (χ4v) is 3.42. The number of benzene rings is 3. The Morgan fingerprint density at radius 2 is 1.22 bits per heavy atom. The van der Waals surface area contributed by atoms with Crippen molar-refractivity contribution in [1.82, 2.24) is 9.97 Å². The van der Waals surface area contributed by atoms with E-state index >= 15 is 0 Å². The highest BCUT2D eigenvalue weighted by atomic mass is 79.9. The van der Waals surface area contributed by atoms with Gasteiger partial charge in [-0.25, -0.2) is 9.97 Å². The molecule has 4 rings (SSSR count). The number of alkyl halides is 3. The van der Waals surface area contributed by atoms with Crippen molar-refractivity contribution in [3.63, 3.8) is 0 Å². The van der Waals surface area contributed by atoms with Crippen LogP contribution < -0.4 is 0 Å². The molecular formula is C21H12BrF3N2. The molecule has 27 heavy (non-hydrogen) atoms. The Morgan fingerprint density at radius 3 is 1.74 bits per heavy atom. The second kappa shape index (κ2) is 6.78. The maximum Gasteiger partial charge on any atom is 0.416 e. The molecule has 0 unspecified atom stereocenters. The van der Waals surface area contributed by atoms with Gasteiger partial charge in [-0.3, -0.25) is 0 Å². The zero-order valence-corrected chi connectivity index (χ0v) is 15.4. The highest BCUT2D eigenvalue weighted by Crippen LogP contribution is 2.37. The highest BCUT2D eigenvalue weighted by molar-refractivity contribution is 9.10. The normalized spacial score (nSPS) is 11.7. The summed E-state index contributed by atoms with van der Waals surface area (Å²) in [5.74, 6) is 0. The second-order valence-electron chi connectivity index (χ2n) is 5.98. The van der Waals surface area contributed by atoms with Crippen LogP contribution in [0.25, 0.3) is 33.5 Å². The number of fused-ring (bicyclic) bond motifs is 1. The lowest BCUT2D eigenvalue weighted by Gasteiger charge is -2.13. The van der Waals surface area contributed by atoms with E-state index in [4.69, 9.17) is 0 Å². The molecule has 0 aliphatic carbocycles. The van der Waals surface area contributed by atoms with Crippen LogP contribution in [-0.4, -0.2) is 9.97 Å². The first-order valence-electron chi connectivity index (χ1n) is 8.13. The van der Waals surface area contributed by atoms with Crippen LogP contribution in [0.2, 0.25) is 0 Å². The SMILES string of the molecule is FC(F)(F)c1cc(Br)c2nc(-c3ccccc3)c(-c3ccccc3)nc2c1. The third kappa shape index (κ3) is 3.45. The monoisotopic (exact) mass is 428 g/mol. The zero-order chi connectivity index (χ0) is 19.0. The molecule has 1 aromatic heterocycles. The summed E-state index contributed by atoms with van der Waals surface area (Å²) in [6.07, 6.45) is -4.45. The van der Waals surface area contributed by atoms with Crippen LogP contribution in [-0.2, 0) is 6.18 Å². The van der Waals surface area contributed by atoms with Crippen molar-refractivity contribution in [3.8, 4) is 22.5 Å². The Balaban J connectivity index is 2.05. The van der Waals surface area contributed by atoms with Crippen LogP contribution in [0.1, 0.15) is 5.56 Å². The fourth-order valence-electron chi connectivity index (χ4n) is 2.88. The van der Waals surface area contributed by atoms with Crippen LogP contribution in [0.4, 0.5) is 13.2 Å². The Labute approximate surface area is 161 Å². The predicted molar refractivity (Wildman–Crippen MR) is 103 cm³/mol. The van der Waals surface area contributed by atoms with E-state index in [1.165, 1.54) is 0 Å². The molecule has 4 aromatic rings. The molecule has 0 fully saturated rings. The summed E-state index contributed by atoms with van der Waals surface area (Å²) in [7, 11) is 0. The standard InChI is InChI=1S/C21H12BrF3N2/c22-16-11-15(21(23,24)25)12-17-20(16)27-19(14-9-5-2-6-10-14)18(26-17)13-7-3-1-4-8-13/h1-12H. The number of nitrogens with zero attached hydrogens (tertiary/aromatic N) is 2. The molecule has 0 atom stereocenters. The van der Waals surface area contributed by atoms with Gasteiger partial charge in [0.15, 0.2) is 0 Å². The number of hydrogen-bond donors (Lipinski definition) is 0. The van der Waals surface area contributed by atoms with E-state index in [1.807, 2.05) is 60.7 Å². The number of halogens is 4. The summed E-state index contributed by atoms with van der Waals surface area (Å²) in [5.41, 5.74) is 2.62. The molecule has 0 radical (unpaired) electrons. The topological polar surface area (TPSA) is 25.8 Å². The van der Waals surface area contributed by atoms with Gasteiger partial charge in [0.05, 0.1) is 22.5 Å². The van der Waals surface area contributed by atoms with Crippen LogP contribution in [0.5, 0.6) is 0 Å². The first kappa shape index (κ1) is 17.7. The molecule has 134 valence electrons. The molecule has 6 heteroatoms. The van der Waals surface area contributed by atoms with E-state index < -0.39 is 11.7 Å². The van der Waals surface area contributed by atoms with Gasteiger partial charge in [0.1, 0.15) is 5.52 Å². The van der Waals surface area contributed by atoms with E-state index in [0.717, 1.165) is 23.3 Å². The van der Waals surface area contributed by atoms with Crippen molar-refractivity contribution in [2.24, 2.45) is 0 Å². The summed E-state index contributed by atoms with van der Waals surface area (Å²) >= 11 is 3.23. The van der Waals surface area contributed by atoms with Crippen molar-refractivity contribution in [1.29, 1.82) is 0 Å². The minimum atomic E-state index is -4.45. The van der Waals surface area contributed by atoms with E-state index in [1.54, 1.807) is 0 Å². The Bertz CT molecular complexity index is 1110. The van der Waals surface area contributed by atoms with Gasteiger partial charge < -0.3 is 0 Å². The summed E-state index contributed by atoms with van der Waals surface area (Å²) < 4.78 is 39.8. The third-order valence-electron chi connectivity index (χ3n) is 4.15. The Morgan fingerprint density at radius 1 is 0.704 bits per heavy atom. The van der Waals surface area contributed by atoms with E-state index in [-0.39, 0.29) is 9.99 Å². The van der Waals surface area contributed by atoms with Crippen molar-refractivity contribution >= 4 is 27.0 Å². The van der Waals surface area contributed by atoms with Gasteiger partial charge in [-0.1, -0.05) is 60.7 Å². The van der Waals surface area contributed by atoms with Crippen molar-refractivity contribution in [3.05, 3.63) is 82.8 Å². The van der Waals surface area contributed by atoms with Gasteiger partial charge >= 0.3 is 6.18 Å². The van der Waals surface area contributed by atoms with E-state index in [0.29, 0.717) is 16.9 Å². The van der Waals surface area contributed by atoms with Crippen molar-refractivity contribution in [2.45, 2.75) is 6.18 Å². The van der Waals surface area contributed by atoms with E-state index in [9.17, 15) is 13.2 Å². The number of hydrogen-bond acceptors (Lipinski definition) is 2. The molecule has 0 spiro atoms. The summed E-state index contributed by atoms with van der Waals surface area (Å²) in [4.78, 5) is 9.23. The summed E-state index contributed by atoms with van der Waals surface area (Å²) in [6, 6.07) is 20.9. The van der Waals surface area contributed by atoms with Gasteiger partial charge in [-0.2, -0.15) is 13.2 Å². The number of rotatable bonds is 2. The van der Waals surface area contributed by atoms with E-state index in [2.05, 4.69) is 25.9 Å². The lowest BCUT2D eigenvalue weighted by molar-refractivity contribution is -0.137. The van der Waals surface area contributed by atoms with Crippen LogP contribution >= 0.6 is 15.9 Å². The Hall–Kier alpha value is -2.73. The molecule has 0 N–H and O–H groups in total. The van der Waals surface area contributed by atoms with Crippen LogP contribution in [0, 0.1) is 0 Å². The van der Waals surface area contributed by atoms with Crippen LogP contribution in [0.3, 0.4) is 0 Å². The molecule has 0 aliphatic rings. The maximum atomic E-state index is 13.2. The molecule has 0 saturated carbocycles. The van der Waals surface area contributed by atoms with Gasteiger partial charge in [0, 0.05) is 15.6 Å². The van der Waals surface area contributed by atoms with Crippen molar-refractivity contribution in [2.75, 3.05) is 0 Å². The average molecular weight is 429 g/mol. The van der Waals surface area contributed by atoms with Gasteiger partial charge in [-0.15, -0.1) is 0 Å². The third-order valence-corrected chi connectivity index (χ3v) is 4.75. The predicted octanol–water partition coefficient (Wildman–Crippen LogP) is 6.75. The van der Waals surface area contributed by atoms with Gasteiger partial charge in [0.2, 0.25) is 0 Å². The fraction of sp³-hybridized carbons (Fsp3) is 0.0476. The first-order chi connectivity index (χ1) is 12.9. The summed E-state index contributed by atoms with van der Waals surface area (Å²) in [5, 5.41) is 0. The quantitative estimate of drug-likeness (QED) is 0.353. The molecule has 0 bridgehead atoms. The van der Waals surface area contributed by atoms with Gasteiger partial charge in [0.25, 0.3) is 0 Å². The number of aromatic nitrogens is 2. The molecule has 0 saturated heterocycles. The minimum Gasteiger partial charge on any atom is -0.244 e. The first-order valence-corrected chi connectivity index (χ1v) is 8.92. The molecular weight excluding hydrogens is 417 g/mol. The maximum absolute atomic E-state index is 13.2. The van der Waals surface area contributed by atoms with Crippen LogP contribution in [0.15, 0.2) is 77.3 Å². The largest absolute Gasteiger partial charge is 0.416 e. The Kier molecular flexibility index (Phi) is 4.44. The molecule has 3 aromatic carbocycles. The summed E-state index contributed by atoms with van der Waals surface area (Å²) in [6.45, 7) is 0. The smallest absolute Gasteiger partial charge is 0.244 e. The van der Waals surface area contributed by atoms with Gasteiger partial charge in [-0.05, 0) is 28.1 Å². The zero-order valence-electron chi connectivity index (χ0n) is 13.8. The molecule has 1 heterocycles. The lowest BCUT2D eigenvalue weighted by atomic mass is 10.0. The lowest BCUT2D eigenvalue weighted by Crippen LogP contribution is -2.06.